The van der Waals surface area contributed by atoms with Gasteiger partial charge in [0, 0.05) is 37.2 Å². The molecule has 20 heavy (non-hydrogen) atoms. The fourth-order valence-corrected chi connectivity index (χ4v) is 3.56. The standard InChI is InChI=1S/C16H32N2O2/c1-14(2)17-11-16(7-5-9-20-13-16)12-18-8-4-3-6-15(18)10-19/h14-15,17,19H,3-13H2,1-2H3. The minimum Gasteiger partial charge on any atom is -0.395 e. The van der Waals surface area contributed by atoms with Crippen molar-refractivity contribution in [3.8, 4) is 0 Å². The van der Waals surface area contributed by atoms with E-state index in [9.17, 15) is 5.11 Å². The van der Waals surface area contributed by atoms with Crippen molar-refractivity contribution in [1.29, 1.82) is 0 Å². The van der Waals surface area contributed by atoms with Gasteiger partial charge in [0.1, 0.15) is 0 Å². The van der Waals surface area contributed by atoms with Gasteiger partial charge >= 0.3 is 0 Å². The fourth-order valence-electron chi connectivity index (χ4n) is 3.56. The van der Waals surface area contributed by atoms with Gasteiger partial charge < -0.3 is 15.2 Å². The zero-order valence-electron chi connectivity index (χ0n) is 13.2. The minimum atomic E-state index is 0.229. The predicted molar refractivity (Wildman–Crippen MR) is 81.9 cm³/mol. The van der Waals surface area contributed by atoms with E-state index in [0.717, 1.165) is 45.7 Å². The Morgan fingerprint density at radius 1 is 1.35 bits per heavy atom. The Bertz CT molecular complexity index is 278. The minimum absolute atomic E-state index is 0.229. The van der Waals surface area contributed by atoms with Crippen molar-refractivity contribution in [2.45, 2.75) is 58.0 Å². The second-order valence-corrected chi connectivity index (χ2v) is 6.99. The van der Waals surface area contributed by atoms with Crippen LogP contribution >= 0.6 is 0 Å². The van der Waals surface area contributed by atoms with Crippen LogP contribution in [-0.4, -0.2) is 61.5 Å². The summed E-state index contributed by atoms with van der Waals surface area (Å²) in [5, 5.41) is 13.2. The Balaban J connectivity index is 1.98. The SMILES string of the molecule is CC(C)NCC1(CN2CCCCC2CO)CCCOC1. The van der Waals surface area contributed by atoms with Gasteiger partial charge in [0.05, 0.1) is 13.2 Å². The lowest BCUT2D eigenvalue weighted by Crippen LogP contribution is -2.54. The molecule has 2 unspecified atom stereocenters. The summed E-state index contributed by atoms with van der Waals surface area (Å²) in [6.45, 7) is 9.71. The lowest BCUT2D eigenvalue weighted by Gasteiger charge is -2.45. The van der Waals surface area contributed by atoms with Crippen LogP contribution in [0.3, 0.4) is 0 Å². The highest BCUT2D eigenvalue weighted by molar-refractivity contribution is 4.90. The van der Waals surface area contributed by atoms with Crippen LogP contribution < -0.4 is 5.32 Å². The maximum Gasteiger partial charge on any atom is 0.0586 e. The molecule has 0 aliphatic carbocycles. The molecule has 118 valence electrons. The highest BCUT2D eigenvalue weighted by Gasteiger charge is 2.37. The van der Waals surface area contributed by atoms with E-state index in [0.29, 0.717) is 18.7 Å². The normalized spacial score (nSPS) is 32.7. The number of aliphatic hydroxyl groups excluding tert-OH is 1. The van der Waals surface area contributed by atoms with Crippen LogP contribution in [0.15, 0.2) is 0 Å². The molecular weight excluding hydrogens is 252 g/mol. The number of ether oxygens (including phenoxy) is 1. The third-order valence-electron chi connectivity index (χ3n) is 4.79. The Kier molecular flexibility index (Phi) is 6.27. The van der Waals surface area contributed by atoms with Crippen molar-refractivity contribution in [3.05, 3.63) is 0 Å². The maximum atomic E-state index is 9.60. The smallest absolute Gasteiger partial charge is 0.0586 e. The van der Waals surface area contributed by atoms with Crippen LogP contribution in [0.4, 0.5) is 0 Å². The van der Waals surface area contributed by atoms with Crippen LogP contribution in [0.25, 0.3) is 0 Å². The van der Waals surface area contributed by atoms with Crippen molar-refractivity contribution >= 4 is 0 Å². The molecule has 0 aromatic rings. The molecule has 0 spiro atoms. The van der Waals surface area contributed by atoms with Gasteiger partial charge in [-0.25, -0.2) is 0 Å². The van der Waals surface area contributed by atoms with Gasteiger partial charge in [-0.2, -0.15) is 0 Å². The molecule has 0 aromatic carbocycles. The monoisotopic (exact) mass is 284 g/mol. The molecule has 2 aliphatic rings. The first kappa shape index (κ1) is 16.2. The van der Waals surface area contributed by atoms with Crippen molar-refractivity contribution < 1.29 is 9.84 Å². The largest absolute Gasteiger partial charge is 0.395 e. The molecule has 2 rings (SSSR count). The number of hydrogen-bond donors (Lipinski definition) is 2. The van der Waals surface area contributed by atoms with Crippen LogP contribution in [0.1, 0.15) is 46.0 Å². The Morgan fingerprint density at radius 2 is 2.20 bits per heavy atom. The van der Waals surface area contributed by atoms with Gasteiger partial charge in [0.2, 0.25) is 0 Å². The predicted octanol–water partition coefficient (Wildman–Crippen LogP) is 1.63. The van der Waals surface area contributed by atoms with Crippen LogP contribution in [-0.2, 0) is 4.74 Å². The summed E-state index contributed by atoms with van der Waals surface area (Å²) in [5.74, 6) is 0. The summed E-state index contributed by atoms with van der Waals surface area (Å²) in [4.78, 5) is 2.51. The van der Waals surface area contributed by atoms with Gasteiger partial charge in [-0.3, -0.25) is 4.90 Å². The second kappa shape index (κ2) is 7.74. The number of likely N-dealkylation sites (tertiary alicyclic amines) is 1. The Morgan fingerprint density at radius 3 is 2.85 bits per heavy atom. The van der Waals surface area contributed by atoms with Gasteiger partial charge in [0.25, 0.3) is 0 Å². The molecular formula is C16H32N2O2. The van der Waals surface area contributed by atoms with E-state index in [1.165, 1.54) is 19.3 Å². The molecule has 0 radical (unpaired) electrons. The van der Waals surface area contributed by atoms with Gasteiger partial charge in [-0.1, -0.05) is 20.3 Å². The summed E-state index contributed by atoms with van der Waals surface area (Å²) in [6, 6.07) is 0.880. The summed E-state index contributed by atoms with van der Waals surface area (Å²) in [5.41, 5.74) is 0.229. The summed E-state index contributed by atoms with van der Waals surface area (Å²) >= 11 is 0. The highest BCUT2D eigenvalue weighted by atomic mass is 16.5. The van der Waals surface area contributed by atoms with Gasteiger partial charge in [-0.15, -0.1) is 0 Å². The molecule has 0 saturated carbocycles. The van der Waals surface area contributed by atoms with Crippen molar-refractivity contribution in [3.63, 3.8) is 0 Å². The van der Waals surface area contributed by atoms with Crippen molar-refractivity contribution in [1.82, 2.24) is 10.2 Å². The molecule has 2 heterocycles. The summed E-state index contributed by atoms with van der Waals surface area (Å²) in [7, 11) is 0. The first-order valence-electron chi connectivity index (χ1n) is 8.31. The fraction of sp³-hybridized carbons (Fsp3) is 1.00. The quantitative estimate of drug-likeness (QED) is 0.778. The summed E-state index contributed by atoms with van der Waals surface area (Å²) in [6.07, 6.45) is 6.07. The van der Waals surface area contributed by atoms with Gasteiger partial charge in [0.15, 0.2) is 0 Å². The second-order valence-electron chi connectivity index (χ2n) is 6.99. The average molecular weight is 284 g/mol. The first-order valence-corrected chi connectivity index (χ1v) is 8.31. The van der Waals surface area contributed by atoms with Crippen LogP contribution in [0, 0.1) is 5.41 Å². The average Bonchev–Trinajstić information content (AvgIpc) is 2.47. The van der Waals surface area contributed by atoms with E-state index in [1.807, 2.05) is 0 Å². The highest BCUT2D eigenvalue weighted by Crippen LogP contribution is 2.31. The summed E-state index contributed by atoms with van der Waals surface area (Å²) < 4.78 is 5.80. The van der Waals surface area contributed by atoms with Crippen LogP contribution in [0.5, 0.6) is 0 Å². The third-order valence-corrected chi connectivity index (χ3v) is 4.79. The number of piperidine rings is 1. The molecule has 0 amide bonds. The lowest BCUT2D eigenvalue weighted by atomic mass is 9.80. The molecule has 2 atom stereocenters. The number of rotatable bonds is 6. The topological polar surface area (TPSA) is 44.7 Å². The molecule has 2 saturated heterocycles. The maximum absolute atomic E-state index is 9.60. The van der Waals surface area contributed by atoms with E-state index in [1.54, 1.807) is 0 Å². The zero-order chi connectivity index (χ0) is 14.4. The number of nitrogens with zero attached hydrogens (tertiary/aromatic N) is 1. The van der Waals surface area contributed by atoms with E-state index in [4.69, 9.17) is 4.74 Å². The molecule has 0 aromatic heterocycles. The van der Waals surface area contributed by atoms with E-state index in [-0.39, 0.29) is 5.41 Å². The number of hydrogen-bond acceptors (Lipinski definition) is 4. The lowest BCUT2D eigenvalue weighted by molar-refractivity contribution is -0.0434. The van der Waals surface area contributed by atoms with E-state index in [2.05, 4.69) is 24.1 Å². The molecule has 0 bridgehead atoms. The van der Waals surface area contributed by atoms with Crippen molar-refractivity contribution in [2.75, 3.05) is 39.5 Å². The molecule has 2 fully saturated rings. The Labute approximate surface area is 123 Å². The van der Waals surface area contributed by atoms with Crippen molar-refractivity contribution in [2.24, 2.45) is 5.41 Å². The Hall–Kier alpha value is -0.160. The molecule has 2 aliphatic heterocycles. The van der Waals surface area contributed by atoms with E-state index >= 15 is 0 Å². The van der Waals surface area contributed by atoms with Gasteiger partial charge in [-0.05, 0) is 32.2 Å². The van der Waals surface area contributed by atoms with Crippen LogP contribution in [0.2, 0.25) is 0 Å². The number of aliphatic hydroxyl groups is 1. The number of nitrogens with one attached hydrogen (secondary N) is 1. The molecule has 4 nitrogen and oxygen atoms in total. The molecule has 4 heteroatoms. The third kappa shape index (κ3) is 4.42. The molecule has 2 N–H and O–H groups in total. The van der Waals surface area contributed by atoms with E-state index < -0.39 is 0 Å². The first-order chi connectivity index (χ1) is 9.65. The zero-order valence-corrected chi connectivity index (χ0v) is 13.2.